The maximum absolute atomic E-state index is 12.7. The number of benzene rings is 1. The number of aryl methyl sites for hydroxylation is 1. The molecule has 0 spiro atoms. The number of likely N-dealkylation sites (tertiary alicyclic amines) is 1. The van der Waals surface area contributed by atoms with Gasteiger partial charge in [0.05, 0.1) is 6.04 Å². The molecule has 1 saturated heterocycles. The van der Waals surface area contributed by atoms with Crippen molar-refractivity contribution in [2.24, 2.45) is 0 Å². The second-order valence-electron chi connectivity index (χ2n) is 7.28. The van der Waals surface area contributed by atoms with E-state index in [1.807, 2.05) is 6.20 Å². The first-order valence-electron chi connectivity index (χ1n) is 8.28. The highest BCUT2D eigenvalue weighted by atomic mass is 16.1. The highest BCUT2D eigenvalue weighted by Gasteiger charge is 2.35. The Kier molecular flexibility index (Phi) is 4.09. The molecule has 1 aromatic carbocycles. The molecule has 0 bridgehead atoms. The van der Waals surface area contributed by atoms with E-state index in [1.165, 1.54) is 24.0 Å². The van der Waals surface area contributed by atoms with E-state index >= 15 is 0 Å². The first kappa shape index (κ1) is 15.3. The summed E-state index contributed by atoms with van der Waals surface area (Å²) in [5, 5.41) is 3.41. The van der Waals surface area contributed by atoms with Gasteiger partial charge in [0, 0.05) is 23.7 Å². The molecule has 2 heterocycles. The van der Waals surface area contributed by atoms with E-state index in [4.69, 9.17) is 0 Å². The lowest BCUT2D eigenvalue weighted by atomic mass is 9.85. The Morgan fingerprint density at radius 3 is 2.36 bits per heavy atom. The molecule has 1 aromatic rings. The highest BCUT2D eigenvalue weighted by Crippen LogP contribution is 2.35. The maximum Gasteiger partial charge on any atom is 0.164 e. The molecular weight excluding hydrogens is 272 g/mol. The zero-order valence-corrected chi connectivity index (χ0v) is 13.9. The molecule has 1 fully saturated rings. The second kappa shape index (κ2) is 5.88. The fourth-order valence-electron chi connectivity index (χ4n) is 3.48. The van der Waals surface area contributed by atoms with Crippen LogP contribution in [0.1, 0.15) is 50.3 Å². The van der Waals surface area contributed by atoms with E-state index in [0.717, 1.165) is 18.7 Å². The smallest absolute Gasteiger partial charge is 0.164 e. The van der Waals surface area contributed by atoms with Crippen LogP contribution >= 0.6 is 0 Å². The Labute approximate surface area is 133 Å². The van der Waals surface area contributed by atoms with Gasteiger partial charge in [0.25, 0.3) is 0 Å². The van der Waals surface area contributed by atoms with Crippen LogP contribution in [-0.2, 0) is 4.79 Å². The van der Waals surface area contributed by atoms with Crippen LogP contribution in [0.4, 0.5) is 0 Å². The fraction of sp³-hybridized carbons (Fsp3) is 0.526. The van der Waals surface area contributed by atoms with E-state index in [9.17, 15) is 4.79 Å². The van der Waals surface area contributed by atoms with Gasteiger partial charge in [0.2, 0.25) is 0 Å². The lowest BCUT2D eigenvalue weighted by molar-refractivity contribution is -0.117. The molecule has 0 aliphatic carbocycles. The van der Waals surface area contributed by atoms with Gasteiger partial charge in [-0.3, -0.25) is 9.69 Å². The Hall–Kier alpha value is -1.61. The number of ketones is 1. The van der Waals surface area contributed by atoms with E-state index in [-0.39, 0.29) is 17.4 Å². The van der Waals surface area contributed by atoms with Crippen molar-refractivity contribution in [3.8, 4) is 0 Å². The molecule has 0 saturated carbocycles. The normalized spacial score (nSPS) is 23.0. The van der Waals surface area contributed by atoms with Crippen LogP contribution in [0.25, 0.3) is 0 Å². The number of rotatable bonds is 3. The number of carbonyl (C=O) groups excluding carboxylic acids is 1. The third-order valence-corrected chi connectivity index (χ3v) is 4.74. The molecule has 118 valence electrons. The second-order valence-corrected chi connectivity index (χ2v) is 7.28. The summed E-state index contributed by atoms with van der Waals surface area (Å²) in [5.74, 6) is 0.279. The van der Waals surface area contributed by atoms with Gasteiger partial charge in [-0.15, -0.1) is 0 Å². The number of hydrogen-bond donors (Lipinski definition) is 1. The molecule has 3 nitrogen and oxygen atoms in total. The standard InChI is InChI=1S/C19H26N2O/c1-14-6-8-15(9-7-14)18(21-10-4-5-11-21)16-13-20-19(2,3)12-17(16)22/h6-9,13,18,20H,4-5,10-12H2,1-3H3. The van der Waals surface area contributed by atoms with Gasteiger partial charge in [0.1, 0.15) is 0 Å². The van der Waals surface area contributed by atoms with Crippen molar-refractivity contribution in [2.75, 3.05) is 13.1 Å². The maximum atomic E-state index is 12.7. The summed E-state index contributed by atoms with van der Waals surface area (Å²) in [6, 6.07) is 8.73. The Bertz CT molecular complexity index is 580. The fourth-order valence-corrected chi connectivity index (χ4v) is 3.48. The van der Waals surface area contributed by atoms with Crippen molar-refractivity contribution in [1.29, 1.82) is 0 Å². The SMILES string of the molecule is Cc1ccc(C(C2=CNC(C)(C)CC2=O)N2CCCC2)cc1. The van der Waals surface area contributed by atoms with Gasteiger partial charge in [-0.2, -0.15) is 0 Å². The summed E-state index contributed by atoms with van der Waals surface area (Å²) < 4.78 is 0. The average molecular weight is 298 g/mol. The zero-order chi connectivity index (χ0) is 15.7. The van der Waals surface area contributed by atoms with Crippen molar-refractivity contribution in [1.82, 2.24) is 10.2 Å². The van der Waals surface area contributed by atoms with Crippen molar-refractivity contribution >= 4 is 5.78 Å². The Balaban J connectivity index is 1.97. The largest absolute Gasteiger partial charge is 0.385 e. The van der Waals surface area contributed by atoms with Crippen molar-refractivity contribution < 1.29 is 4.79 Å². The van der Waals surface area contributed by atoms with Crippen LogP contribution in [0.3, 0.4) is 0 Å². The zero-order valence-electron chi connectivity index (χ0n) is 13.9. The van der Waals surface area contributed by atoms with E-state index in [2.05, 4.69) is 55.3 Å². The molecule has 3 rings (SSSR count). The summed E-state index contributed by atoms with van der Waals surface area (Å²) in [6.45, 7) is 8.41. The lowest BCUT2D eigenvalue weighted by Crippen LogP contribution is -2.44. The molecule has 2 aliphatic heterocycles. The highest BCUT2D eigenvalue weighted by molar-refractivity contribution is 5.98. The van der Waals surface area contributed by atoms with Gasteiger partial charge >= 0.3 is 0 Å². The van der Waals surface area contributed by atoms with Crippen LogP contribution < -0.4 is 5.32 Å². The summed E-state index contributed by atoms with van der Waals surface area (Å²) in [6.07, 6.45) is 4.98. The number of hydrogen-bond acceptors (Lipinski definition) is 3. The van der Waals surface area contributed by atoms with Crippen molar-refractivity contribution in [2.45, 2.75) is 51.6 Å². The van der Waals surface area contributed by atoms with Crippen LogP contribution in [-0.4, -0.2) is 29.3 Å². The molecule has 1 N–H and O–H groups in total. The van der Waals surface area contributed by atoms with Gasteiger partial charge < -0.3 is 5.32 Å². The Morgan fingerprint density at radius 1 is 1.14 bits per heavy atom. The molecule has 1 unspecified atom stereocenters. The van der Waals surface area contributed by atoms with E-state index in [0.29, 0.717) is 6.42 Å². The van der Waals surface area contributed by atoms with Crippen LogP contribution in [0.5, 0.6) is 0 Å². The summed E-state index contributed by atoms with van der Waals surface area (Å²) in [7, 11) is 0. The topological polar surface area (TPSA) is 32.3 Å². The van der Waals surface area contributed by atoms with Gasteiger partial charge in [-0.25, -0.2) is 0 Å². The Morgan fingerprint density at radius 2 is 1.77 bits per heavy atom. The predicted octanol–water partition coefficient (Wildman–Crippen LogP) is 3.36. The quantitative estimate of drug-likeness (QED) is 0.928. The lowest BCUT2D eigenvalue weighted by Gasteiger charge is -2.36. The van der Waals surface area contributed by atoms with Gasteiger partial charge in [-0.05, 0) is 52.3 Å². The minimum Gasteiger partial charge on any atom is -0.385 e. The van der Waals surface area contributed by atoms with Crippen LogP contribution in [0.2, 0.25) is 0 Å². The predicted molar refractivity (Wildman–Crippen MR) is 89.6 cm³/mol. The van der Waals surface area contributed by atoms with Crippen molar-refractivity contribution in [3.63, 3.8) is 0 Å². The van der Waals surface area contributed by atoms with Gasteiger partial charge in [0.15, 0.2) is 5.78 Å². The van der Waals surface area contributed by atoms with Crippen LogP contribution in [0.15, 0.2) is 36.0 Å². The third kappa shape index (κ3) is 3.09. The average Bonchev–Trinajstić information content (AvgIpc) is 2.97. The molecule has 1 atom stereocenters. The first-order chi connectivity index (χ1) is 10.5. The molecular formula is C19H26N2O. The monoisotopic (exact) mass is 298 g/mol. The summed E-state index contributed by atoms with van der Waals surface area (Å²) in [5.41, 5.74) is 3.27. The van der Waals surface area contributed by atoms with E-state index < -0.39 is 0 Å². The number of nitrogens with zero attached hydrogens (tertiary/aromatic N) is 1. The molecule has 0 aromatic heterocycles. The minimum absolute atomic E-state index is 0.0965. The number of Topliss-reactive ketones (excluding diaryl/α,β-unsaturated/α-hetero) is 1. The molecule has 3 heteroatoms. The summed E-state index contributed by atoms with van der Waals surface area (Å²) in [4.78, 5) is 15.2. The van der Waals surface area contributed by atoms with Crippen LogP contribution in [0, 0.1) is 6.92 Å². The van der Waals surface area contributed by atoms with E-state index in [1.54, 1.807) is 0 Å². The molecule has 22 heavy (non-hydrogen) atoms. The third-order valence-electron chi connectivity index (χ3n) is 4.74. The number of carbonyl (C=O) groups is 1. The van der Waals surface area contributed by atoms with Crippen molar-refractivity contribution in [3.05, 3.63) is 47.2 Å². The van der Waals surface area contributed by atoms with Gasteiger partial charge in [-0.1, -0.05) is 29.8 Å². The molecule has 0 radical (unpaired) electrons. The molecule has 2 aliphatic rings. The first-order valence-corrected chi connectivity index (χ1v) is 8.28. The minimum atomic E-state index is -0.135. The summed E-state index contributed by atoms with van der Waals surface area (Å²) >= 11 is 0. The number of nitrogens with one attached hydrogen (secondary N) is 1. The molecule has 0 amide bonds.